The number of rotatable bonds is 3. The Morgan fingerprint density at radius 2 is 2.10 bits per heavy atom. The Bertz CT molecular complexity index is 507. The van der Waals surface area contributed by atoms with Gasteiger partial charge in [0.05, 0.1) is 6.61 Å². The monoisotopic (exact) mass is 278 g/mol. The normalized spacial score (nSPS) is 18.9. The summed E-state index contributed by atoms with van der Waals surface area (Å²) in [6, 6.07) is 3.29. The molecule has 5 heteroatoms. The molecule has 1 amide bonds. The molecule has 0 aromatic carbocycles. The molecule has 110 valence electrons. The van der Waals surface area contributed by atoms with Crippen LogP contribution < -0.4 is 0 Å². The highest BCUT2D eigenvalue weighted by molar-refractivity contribution is 5.95. The van der Waals surface area contributed by atoms with Gasteiger partial charge in [0.15, 0.2) is 0 Å². The number of esters is 1. The minimum Gasteiger partial charge on any atom is -0.464 e. The number of aromatic nitrogens is 1. The zero-order valence-electron chi connectivity index (χ0n) is 12.4. The molecule has 0 bridgehead atoms. The molecule has 1 atom stereocenters. The fourth-order valence-electron chi connectivity index (χ4n) is 2.63. The van der Waals surface area contributed by atoms with E-state index >= 15 is 0 Å². The van der Waals surface area contributed by atoms with Crippen LogP contribution >= 0.6 is 0 Å². The van der Waals surface area contributed by atoms with Crippen molar-refractivity contribution in [3.05, 3.63) is 23.5 Å². The largest absolute Gasteiger partial charge is 0.464 e. The third kappa shape index (κ3) is 2.71. The van der Waals surface area contributed by atoms with Gasteiger partial charge in [-0.1, -0.05) is 0 Å². The highest BCUT2D eigenvalue weighted by Gasteiger charge is 2.34. The van der Waals surface area contributed by atoms with Gasteiger partial charge < -0.3 is 14.2 Å². The van der Waals surface area contributed by atoms with Crippen molar-refractivity contribution in [1.29, 1.82) is 0 Å². The summed E-state index contributed by atoms with van der Waals surface area (Å²) < 4.78 is 6.95. The second kappa shape index (κ2) is 6.11. The first-order chi connectivity index (χ1) is 9.56. The molecule has 1 saturated heterocycles. The molecule has 2 heterocycles. The molecule has 1 unspecified atom stereocenters. The smallest absolute Gasteiger partial charge is 0.328 e. The van der Waals surface area contributed by atoms with E-state index < -0.39 is 6.04 Å². The van der Waals surface area contributed by atoms with Crippen LogP contribution in [0.1, 0.15) is 42.4 Å². The van der Waals surface area contributed by atoms with Crippen LogP contribution in [-0.2, 0) is 16.6 Å². The lowest BCUT2D eigenvalue weighted by molar-refractivity contribution is -0.149. The minimum absolute atomic E-state index is 0.0849. The quantitative estimate of drug-likeness (QED) is 0.793. The van der Waals surface area contributed by atoms with Gasteiger partial charge >= 0.3 is 5.97 Å². The van der Waals surface area contributed by atoms with E-state index in [-0.39, 0.29) is 11.9 Å². The van der Waals surface area contributed by atoms with Crippen LogP contribution in [-0.4, -0.2) is 40.5 Å². The molecule has 1 aliphatic heterocycles. The SMILES string of the molecule is CCOC(=O)C1CCCCN1C(=O)c1ccc(C)n1C. The number of ether oxygens (including phenoxy) is 1. The van der Waals surface area contributed by atoms with Crippen LogP contribution in [0.2, 0.25) is 0 Å². The maximum Gasteiger partial charge on any atom is 0.328 e. The Morgan fingerprint density at radius 3 is 2.70 bits per heavy atom. The number of carbonyl (C=O) groups excluding carboxylic acids is 2. The number of aryl methyl sites for hydroxylation is 1. The van der Waals surface area contributed by atoms with Crippen molar-refractivity contribution < 1.29 is 14.3 Å². The Labute approximate surface area is 119 Å². The van der Waals surface area contributed by atoms with Crippen LogP contribution in [0.5, 0.6) is 0 Å². The number of likely N-dealkylation sites (tertiary alicyclic amines) is 1. The topological polar surface area (TPSA) is 51.5 Å². The van der Waals surface area contributed by atoms with E-state index in [9.17, 15) is 9.59 Å². The summed E-state index contributed by atoms with van der Waals surface area (Å²) in [5.74, 6) is -0.371. The summed E-state index contributed by atoms with van der Waals surface area (Å²) in [7, 11) is 1.87. The molecule has 1 fully saturated rings. The average Bonchev–Trinajstić information content (AvgIpc) is 2.78. The molecule has 0 N–H and O–H groups in total. The molecule has 1 aliphatic rings. The number of piperidine rings is 1. The van der Waals surface area contributed by atoms with Crippen molar-refractivity contribution in [3.8, 4) is 0 Å². The van der Waals surface area contributed by atoms with Crippen molar-refractivity contribution in [3.63, 3.8) is 0 Å². The fraction of sp³-hybridized carbons (Fsp3) is 0.600. The van der Waals surface area contributed by atoms with Gasteiger partial charge in [-0.3, -0.25) is 4.79 Å². The minimum atomic E-state index is -0.439. The van der Waals surface area contributed by atoms with Crippen molar-refractivity contribution in [2.24, 2.45) is 7.05 Å². The maximum absolute atomic E-state index is 12.7. The molecule has 0 aliphatic carbocycles. The van der Waals surface area contributed by atoms with Gasteiger partial charge in [0.25, 0.3) is 5.91 Å². The zero-order valence-corrected chi connectivity index (χ0v) is 12.4. The predicted molar refractivity (Wildman–Crippen MR) is 75.5 cm³/mol. The van der Waals surface area contributed by atoms with Gasteiger partial charge in [-0.2, -0.15) is 0 Å². The molecule has 1 aromatic rings. The predicted octanol–water partition coefficient (Wildman–Crippen LogP) is 1.89. The summed E-state index contributed by atoms with van der Waals surface area (Å²) >= 11 is 0. The molecule has 0 saturated carbocycles. The lowest BCUT2D eigenvalue weighted by Gasteiger charge is -2.34. The van der Waals surface area contributed by atoms with Crippen molar-refractivity contribution in [1.82, 2.24) is 9.47 Å². The average molecular weight is 278 g/mol. The van der Waals surface area contributed by atoms with Gasteiger partial charge in [-0.25, -0.2) is 4.79 Å². The first kappa shape index (κ1) is 14.6. The van der Waals surface area contributed by atoms with Crippen LogP contribution in [0.15, 0.2) is 12.1 Å². The second-order valence-corrected chi connectivity index (χ2v) is 5.18. The Kier molecular flexibility index (Phi) is 4.47. The molecular formula is C15H22N2O3. The summed E-state index contributed by atoms with van der Waals surface area (Å²) in [5, 5.41) is 0. The molecule has 2 rings (SSSR count). The van der Waals surface area contributed by atoms with Crippen LogP contribution in [0.3, 0.4) is 0 Å². The Hall–Kier alpha value is -1.78. The zero-order chi connectivity index (χ0) is 14.7. The fourth-order valence-corrected chi connectivity index (χ4v) is 2.63. The van der Waals surface area contributed by atoms with E-state index in [1.807, 2.05) is 30.7 Å². The first-order valence-electron chi connectivity index (χ1n) is 7.16. The van der Waals surface area contributed by atoms with Gasteiger partial charge in [-0.15, -0.1) is 0 Å². The van der Waals surface area contributed by atoms with Crippen LogP contribution in [0.4, 0.5) is 0 Å². The van der Waals surface area contributed by atoms with E-state index in [1.54, 1.807) is 11.8 Å². The number of amides is 1. The van der Waals surface area contributed by atoms with E-state index in [2.05, 4.69) is 0 Å². The van der Waals surface area contributed by atoms with Crippen molar-refractivity contribution in [2.45, 2.75) is 39.2 Å². The van der Waals surface area contributed by atoms with Crippen LogP contribution in [0, 0.1) is 6.92 Å². The molecule has 1 aromatic heterocycles. The Morgan fingerprint density at radius 1 is 1.35 bits per heavy atom. The van der Waals surface area contributed by atoms with E-state index in [1.165, 1.54) is 0 Å². The van der Waals surface area contributed by atoms with Gasteiger partial charge in [0.1, 0.15) is 11.7 Å². The first-order valence-corrected chi connectivity index (χ1v) is 7.16. The maximum atomic E-state index is 12.7. The van der Waals surface area contributed by atoms with Gasteiger partial charge in [-0.05, 0) is 45.2 Å². The third-order valence-corrected chi connectivity index (χ3v) is 3.91. The van der Waals surface area contributed by atoms with Gasteiger partial charge in [0.2, 0.25) is 0 Å². The van der Waals surface area contributed by atoms with Crippen molar-refractivity contribution >= 4 is 11.9 Å². The number of carbonyl (C=O) groups is 2. The van der Waals surface area contributed by atoms with E-state index in [0.29, 0.717) is 25.3 Å². The summed E-state index contributed by atoms with van der Waals surface area (Å²) in [6.45, 7) is 4.70. The Balaban J connectivity index is 2.21. The summed E-state index contributed by atoms with van der Waals surface area (Å²) in [5.41, 5.74) is 1.65. The number of hydrogen-bond acceptors (Lipinski definition) is 3. The summed E-state index contributed by atoms with van der Waals surface area (Å²) in [6.07, 6.45) is 2.58. The standard InChI is InChI=1S/C15H22N2O3/c1-4-20-15(19)13-7-5-6-10-17(13)14(18)12-9-8-11(2)16(12)3/h8-9,13H,4-7,10H2,1-3H3. The third-order valence-electron chi connectivity index (χ3n) is 3.91. The van der Waals surface area contributed by atoms with E-state index in [4.69, 9.17) is 4.74 Å². The highest BCUT2D eigenvalue weighted by atomic mass is 16.5. The molecule has 0 radical (unpaired) electrons. The van der Waals surface area contributed by atoms with Crippen molar-refractivity contribution in [2.75, 3.05) is 13.2 Å². The molecular weight excluding hydrogens is 256 g/mol. The lowest BCUT2D eigenvalue weighted by Crippen LogP contribution is -2.49. The van der Waals surface area contributed by atoms with Gasteiger partial charge in [0, 0.05) is 19.3 Å². The van der Waals surface area contributed by atoms with E-state index in [0.717, 1.165) is 18.5 Å². The number of hydrogen-bond donors (Lipinski definition) is 0. The highest BCUT2D eigenvalue weighted by Crippen LogP contribution is 2.21. The summed E-state index contributed by atoms with van der Waals surface area (Å²) in [4.78, 5) is 26.3. The molecule has 20 heavy (non-hydrogen) atoms. The molecule has 0 spiro atoms. The molecule has 5 nitrogen and oxygen atoms in total. The van der Waals surface area contributed by atoms with Crippen LogP contribution in [0.25, 0.3) is 0 Å². The second-order valence-electron chi connectivity index (χ2n) is 5.18. The number of nitrogens with zero attached hydrogens (tertiary/aromatic N) is 2. The lowest BCUT2D eigenvalue weighted by atomic mass is 10.0.